The van der Waals surface area contributed by atoms with Gasteiger partial charge in [-0.1, -0.05) is 127 Å². The van der Waals surface area contributed by atoms with Crippen LogP contribution in [0.4, 0.5) is 0 Å². The predicted molar refractivity (Wildman–Crippen MR) is 227 cm³/mol. The van der Waals surface area contributed by atoms with E-state index in [-0.39, 0.29) is 0 Å². The number of fused-ring (bicyclic) bond motifs is 12. The Morgan fingerprint density at radius 1 is 0.352 bits per heavy atom. The topological polar surface area (TPSA) is 38.6 Å². The zero-order valence-corrected chi connectivity index (χ0v) is 29.7. The first-order valence-corrected chi connectivity index (χ1v) is 19.0. The van der Waals surface area contributed by atoms with Crippen molar-refractivity contribution in [2.45, 2.75) is 0 Å². The smallest absolute Gasteiger partial charge is 0.104 e. The Morgan fingerprint density at radius 3 is 1.06 bits per heavy atom. The van der Waals surface area contributed by atoms with Crippen LogP contribution in [-0.2, 0) is 0 Å². The molecule has 0 radical (unpaired) electrons. The Morgan fingerprint density at radius 2 is 0.667 bits per heavy atom. The van der Waals surface area contributed by atoms with E-state index in [1.807, 2.05) is 0 Å². The van der Waals surface area contributed by atoms with E-state index in [2.05, 4.69) is 190 Å². The lowest BCUT2D eigenvalue weighted by Crippen LogP contribution is -2.10. The van der Waals surface area contributed by atoms with E-state index in [1.165, 1.54) is 20.9 Å². The number of hydrogen-bond acceptors (Lipinski definition) is 2. The summed E-state index contributed by atoms with van der Waals surface area (Å²) in [6, 6.07) is 63.4. The van der Waals surface area contributed by atoms with E-state index >= 15 is 0 Å². The Bertz CT molecular complexity index is 3420. The Balaban J connectivity index is 1.43. The molecule has 4 nitrogen and oxygen atoms in total. The van der Waals surface area contributed by atoms with Crippen LogP contribution in [0.3, 0.4) is 0 Å². The molecule has 0 saturated heterocycles. The fourth-order valence-electron chi connectivity index (χ4n) is 9.15. The van der Waals surface area contributed by atoms with Gasteiger partial charge in [-0.2, -0.15) is 5.26 Å². The number of nitriles is 1. The fraction of sp³-hybridized carbons (Fsp3) is 0. The summed E-state index contributed by atoms with van der Waals surface area (Å²) in [7, 11) is 0. The molecule has 0 aliphatic rings. The molecule has 12 aromatic rings. The first-order chi connectivity index (χ1) is 26.8. The summed E-state index contributed by atoms with van der Waals surface area (Å²) in [5, 5.41) is 21.2. The third kappa shape index (κ3) is 3.74. The normalized spacial score (nSPS) is 12.1. The molecule has 0 bridgehead atoms. The Labute approximate surface area is 313 Å². The van der Waals surface area contributed by atoms with Crippen molar-refractivity contribution < 1.29 is 0 Å². The minimum atomic E-state index is 0.629. The molecule has 0 amide bonds. The van der Waals surface area contributed by atoms with Crippen molar-refractivity contribution >= 4 is 96.9 Å². The molecule has 8 aromatic carbocycles. The summed E-state index contributed by atoms with van der Waals surface area (Å²) in [6.45, 7) is 0. The molecule has 4 aromatic heterocycles. The van der Waals surface area contributed by atoms with Crippen molar-refractivity contribution in [2.75, 3.05) is 0 Å². The van der Waals surface area contributed by atoms with Gasteiger partial charge in [0.25, 0.3) is 0 Å². The highest BCUT2D eigenvalue weighted by atomic mass is 32.1. The maximum atomic E-state index is 11.9. The average molecular weight is 705 g/mol. The highest BCUT2D eigenvalue weighted by Gasteiger charge is 2.31. The summed E-state index contributed by atoms with van der Waals surface area (Å²) in [5.74, 6) is 0. The number of nitrogens with zero attached hydrogens (tertiary/aromatic N) is 4. The number of thiophene rings is 1. The standard InChI is InChI=1S/C49H28N4S/c50-29-37-46(51-38-22-8-1-15-30(38)31-16-2-9-23-39(31)51)48(53-42-26-12-5-19-34(42)35-20-6-13-27-43(35)53)45-36-21-7-14-28-44(36)54-49(45)47(37)52-40-24-10-3-17-32(40)33-18-4-11-25-41(33)52/h1-28H. The van der Waals surface area contributed by atoms with Crippen LogP contribution in [0.5, 0.6) is 0 Å². The summed E-state index contributed by atoms with van der Waals surface area (Å²) in [6.07, 6.45) is 0. The van der Waals surface area contributed by atoms with E-state index < -0.39 is 0 Å². The van der Waals surface area contributed by atoms with Gasteiger partial charge in [0.2, 0.25) is 0 Å². The van der Waals surface area contributed by atoms with Gasteiger partial charge in [-0.3, -0.25) is 0 Å². The first-order valence-electron chi connectivity index (χ1n) is 18.2. The van der Waals surface area contributed by atoms with E-state index in [1.54, 1.807) is 11.3 Å². The van der Waals surface area contributed by atoms with Crippen LogP contribution in [0.15, 0.2) is 170 Å². The number of aromatic nitrogens is 3. The first kappa shape index (κ1) is 29.4. The van der Waals surface area contributed by atoms with Gasteiger partial charge in [0.05, 0.1) is 54.9 Å². The van der Waals surface area contributed by atoms with Crippen molar-refractivity contribution in [2.24, 2.45) is 0 Å². The van der Waals surface area contributed by atoms with Crippen LogP contribution < -0.4 is 0 Å². The lowest BCUT2D eigenvalue weighted by atomic mass is 10.0. The number of rotatable bonds is 3. The van der Waals surface area contributed by atoms with Crippen molar-refractivity contribution in [1.82, 2.24) is 13.7 Å². The van der Waals surface area contributed by atoms with Gasteiger partial charge in [0.15, 0.2) is 0 Å². The molecule has 0 saturated carbocycles. The second-order valence-corrected chi connectivity index (χ2v) is 15.0. The maximum Gasteiger partial charge on any atom is 0.104 e. The number of para-hydroxylation sites is 6. The zero-order chi connectivity index (χ0) is 35.5. The minimum Gasteiger partial charge on any atom is -0.306 e. The molecule has 0 atom stereocenters. The predicted octanol–water partition coefficient (Wildman–Crippen LogP) is 13.2. The van der Waals surface area contributed by atoms with Crippen LogP contribution in [0.1, 0.15) is 5.56 Å². The SMILES string of the molecule is N#Cc1c(-n2c3ccccc3c3ccccc32)c(-n2c3ccccc3c3ccccc32)c2c(sc3ccccc32)c1-n1c2ccccc2c2ccccc21. The van der Waals surface area contributed by atoms with E-state index in [9.17, 15) is 5.26 Å². The summed E-state index contributed by atoms with van der Waals surface area (Å²) in [4.78, 5) is 0. The average Bonchev–Trinajstić information content (AvgIpc) is 3.97. The summed E-state index contributed by atoms with van der Waals surface area (Å²) in [5.41, 5.74) is 9.89. The van der Waals surface area contributed by atoms with Gasteiger partial charge in [0, 0.05) is 47.8 Å². The lowest BCUT2D eigenvalue weighted by Gasteiger charge is -2.23. The van der Waals surface area contributed by atoms with Crippen LogP contribution in [0, 0.1) is 11.3 Å². The zero-order valence-electron chi connectivity index (χ0n) is 28.9. The molecule has 250 valence electrons. The van der Waals surface area contributed by atoms with Gasteiger partial charge >= 0.3 is 0 Å². The monoisotopic (exact) mass is 704 g/mol. The molecule has 5 heteroatoms. The van der Waals surface area contributed by atoms with E-state index in [0.29, 0.717) is 5.56 Å². The van der Waals surface area contributed by atoms with Crippen molar-refractivity contribution in [3.05, 3.63) is 175 Å². The molecule has 0 aliphatic heterocycles. The molecule has 0 N–H and O–H groups in total. The second kappa shape index (κ2) is 10.9. The largest absolute Gasteiger partial charge is 0.306 e. The molecule has 0 aliphatic carbocycles. The molecule has 0 spiro atoms. The van der Waals surface area contributed by atoms with Crippen molar-refractivity contribution in [3.63, 3.8) is 0 Å². The fourth-order valence-corrected chi connectivity index (χ4v) is 10.4. The van der Waals surface area contributed by atoms with Gasteiger partial charge in [0.1, 0.15) is 11.6 Å². The minimum absolute atomic E-state index is 0.629. The summed E-state index contributed by atoms with van der Waals surface area (Å²) >= 11 is 1.77. The second-order valence-electron chi connectivity index (χ2n) is 13.9. The quantitative estimate of drug-likeness (QED) is 0.180. The van der Waals surface area contributed by atoms with Gasteiger partial charge < -0.3 is 13.7 Å². The molecule has 54 heavy (non-hydrogen) atoms. The van der Waals surface area contributed by atoms with Gasteiger partial charge in [-0.05, 0) is 42.5 Å². The molecule has 4 heterocycles. The van der Waals surface area contributed by atoms with Crippen molar-refractivity contribution in [1.29, 1.82) is 5.26 Å². The van der Waals surface area contributed by atoms with E-state index in [0.717, 1.165) is 81.8 Å². The molecular weight excluding hydrogens is 677 g/mol. The van der Waals surface area contributed by atoms with Crippen LogP contribution in [0.25, 0.3) is 103 Å². The molecular formula is C49H28N4S. The Kier molecular flexibility index (Phi) is 5.97. The van der Waals surface area contributed by atoms with Crippen LogP contribution in [-0.4, -0.2) is 13.7 Å². The molecule has 0 fully saturated rings. The maximum absolute atomic E-state index is 11.9. The highest BCUT2D eigenvalue weighted by molar-refractivity contribution is 7.26. The molecule has 12 rings (SSSR count). The third-order valence-corrected chi connectivity index (χ3v) is 12.4. The third-order valence-electron chi connectivity index (χ3n) is 11.3. The lowest BCUT2D eigenvalue weighted by molar-refractivity contribution is 1.08. The Hall–Kier alpha value is -7.13. The van der Waals surface area contributed by atoms with Crippen LogP contribution in [0.2, 0.25) is 0 Å². The van der Waals surface area contributed by atoms with Gasteiger partial charge in [-0.15, -0.1) is 11.3 Å². The van der Waals surface area contributed by atoms with Crippen LogP contribution >= 0.6 is 11.3 Å². The number of benzene rings is 8. The van der Waals surface area contributed by atoms with E-state index in [4.69, 9.17) is 0 Å². The van der Waals surface area contributed by atoms with Crippen molar-refractivity contribution in [3.8, 4) is 23.1 Å². The molecule has 0 unspecified atom stereocenters. The highest BCUT2D eigenvalue weighted by Crippen LogP contribution is 2.50. The summed E-state index contributed by atoms with van der Waals surface area (Å²) < 4.78 is 9.42. The number of hydrogen-bond donors (Lipinski definition) is 0. The van der Waals surface area contributed by atoms with Gasteiger partial charge in [-0.25, -0.2) is 0 Å².